The maximum atomic E-state index is 10.7. The summed E-state index contributed by atoms with van der Waals surface area (Å²) in [6.45, 7) is 9.23. The van der Waals surface area contributed by atoms with Gasteiger partial charge in [0, 0.05) is 11.6 Å². The summed E-state index contributed by atoms with van der Waals surface area (Å²) >= 11 is 0. The number of H-pyrrole nitrogens is 1. The Morgan fingerprint density at radius 3 is 2.44 bits per heavy atom. The van der Waals surface area contributed by atoms with Gasteiger partial charge in [0.25, 0.3) is 0 Å². The van der Waals surface area contributed by atoms with Crippen LogP contribution in [0, 0.1) is 0 Å². The first kappa shape index (κ1) is 17.6. The Bertz CT molecular complexity index is 1050. The number of carbonyl (C=O) groups is 1. The van der Waals surface area contributed by atoms with E-state index < -0.39 is 6.16 Å². The van der Waals surface area contributed by atoms with Gasteiger partial charge in [0.05, 0.1) is 11.0 Å². The van der Waals surface area contributed by atoms with Crippen LogP contribution in [0.25, 0.3) is 22.4 Å². The van der Waals surface area contributed by atoms with Gasteiger partial charge in [-0.2, -0.15) is 0 Å². The molecular weight excluding hydrogens is 340 g/mol. The third-order valence-electron chi connectivity index (χ3n) is 5.78. The lowest BCUT2D eigenvalue weighted by Crippen LogP contribution is -2.33. The molecule has 1 aliphatic rings. The second kappa shape index (κ2) is 5.84. The van der Waals surface area contributed by atoms with Gasteiger partial charge >= 0.3 is 6.16 Å². The van der Waals surface area contributed by atoms with E-state index in [-0.39, 0.29) is 16.6 Å². The standard InChI is InChI=1S/C22H24N2O3/c1-21(2)9-10-22(3,4)16-11-13(5-7-15(16)21)19-23-17-8-6-14(27-20(25)26)12-18(17)24-19/h5-8,11-12H,9-10H2,1-4H3,(H,23,24)(H,25,26). The fourth-order valence-corrected chi connectivity index (χ4v) is 4.03. The molecular formula is C22H24N2O3. The molecule has 5 heteroatoms. The van der Waals surface area contributed by atoms with Crippen molar-refractivity contribution in [3.63, 3.8) is 0 Å². The van der Waals surface area contributed by atoms with Crippen LogP contribution in [0.2, 0.25) is 0 Å². The van der Waals surface area contributed by atoms with E-state index in [0.717, 1.165) is 28.8 Å². The summed E-state index contributed by atoms with van der Waals surface area (Å²) in [5.41, 5.74) is 5.68. The Morgan fingerprint density at radius 1 is 1.04 bits per heavy atom. The number of nitrogens with zero attached hydrogens (tertiary/aromatic N) is 1. The van der Waals surface area contributed by atoms with E-state index in [1.54, 1.807) is 18.2 Å². The fraction of sp³-hybridized carbons (Fsp3) is 0.364. The predicted octanol–water partition coefficient (Wildman–Crippen LogP) is 5.64. The average Bonchev–Trinajstić information content (AvgIpc) is 3.01. The van der Waals surface area contributed by atoms with Gasteiger partial charge in [0.2, 0.25) is 0 Å². The number of aromatic nitrogens is 2. The number of aromatic amines is 1. The van der Waals surface area contributed by atoms with Crippen LogP contribution in [0.1, 0.15) is 51.7 Å². The van der Waals surface area contributed by atoms with Gasteiger partial charge in [-0.25, -0.2) is 9.78 Å². The van der Waals surface area contributed by atoms with Gasteiger partial charge in [0.15, 0.2) is 0 Å². The lowest BCUT2D eigenvalue weighted by Gasteiger charge is -2.42. The quantitative estimate of drug-likeness (QED) is 0.456. The Balaban J connectivity index is 1.79. The molecule has 1 aliphatic carbocycles. The summed E-state index contributed by atoms with van der Waals surface area (Å²) in [6.07, 6.45) is 1.02. The molecule has 27 heavy (non-hydrogen) atoms. The monoisotopic (exact) mass is 364 g/mol. The van der Waals surface area contributed by atoms with Crippen molar-refractivity contribution in [1.29, 1.82) is 0 Å². The third kappa shape index (κ3) is 3.07. The Morgan fingerprint density at radius 2 is 1.74 bits per heavy atom. The molecule has 0 atom stereocenters. The van der Waals surface area contributed by atoms with Crippen LogP contribution in [0.5, 0.6) is 5.75 Å². The van der Waals surface area contributed by atoms with Crippen LogP contribution in [0.3, 0.4) is 0 Å². The van der Waals surface area contributed by atoms with Gasteiger partial charge in [-0.1, -0.05) is 39.8 Å². The van der Waals surface area contributed by atoms with Crippen LogP contribution in [-0.4, -0.2) is 21.2 Å². The van der Waals surface area contributed by atoms with Crippen LogP contribution in [0.15, 0.2) is 36.4 Å². The summed E-state index contributed by atoms with van der Waals surface area (Å²) in [5, 5.41) is 8.78. The molecule has 0 spiro atoms. The molecule has 1 heterocycles. The van der Waals surface area contributed by atoms with E-state index in [1.165, 1.54) is 17.5 Å². The maximum absolute atomic E-state index is 10.7. The van der Waals surface area contributed by atoms with Crippen molar-refractivity contribution < 1.29 is 14.6 Å². The molecule has 2 N–H and O–H groups in total. The van der Waals surface area contributed by atoms with Gasteiger partial charge in [-0.15, -0.1) is 0 Å². The largest absolute Gasteiger partial charge is 0.511 e. The number of hydrogen-bond donors (Lipinski definition) is 2. The minimum atomic E-state index is -1.33. The summed E-state index contributed by atoms with van der Waals surface area (Å²) < 4.78 is 4.73. The van der Waals surface area contributed by atoms with Crippen molar-refractivity contribution in [2.45, 2.75) is 51.4 Å². The second-order valence-electron chi connectivity index (χ2n) is 8.66. The highest BCUT2D eigenvalue weighted by atomic mass is 16.7. The number of fused-ring (bicyclic) bond motifs is 2. The SMILES string of the molecule is CC1(C)CCC(C)(C)c2cc(-c3nc4ccc(OC(=O)O)cc4[nH]3)ccc21. The fourth-order valence-electron chi connectivity index (χ4n) is 4.03. The van der Waals surface area contributed by atoms with Gasteiger partial charge < -0.3 is 14.8 Å². The zero-order valence-corrected chi connectivity index (χ0v) is 16.1. The van der Waals surface area contributed by atoms with E-state index in [9.17, 15) is 4.79 Å². The Hall–Kier alpha value is -2.82. The first-order valence-electron chi connectivity index (χ1n) is 9.22. The van der Waals surface area contributed by atoms with E-state index >= 15 is 0 Å². The number of benzene rings is 2. The second-order valence-corrected chi connectivity index (χ2v) is 8.66. The van der Waals surface area contributed by atoms with E-state index in [0.29, 0.717) is 0 Å². The smallest absolute Gasteiger partial charge is 0.449 e. The van der Waals surface area contributed by atoms with Crippen LogP contribution in [-0.2, 0) is 10.8 Å². The molecule has 0 bridgehead atoms. The zero-order valence-electron chi connectivity index (χ0n) is 16.1. The molecule has 0 saturated heterocycles. The van der Waals surface area contributed by atoms with Crippen molar-refractivity contribution in [2.75, 3.05) is 0 Å². The summed E-state index contributed by atoms with van der Waals surface area (Å²) in [5.74, 6) is 1.05. The molecule has 0 saturated carbocycles. The molecule has 4 rings (SSSR count). The lowest BCUT2D eigenvalue weighted by atomic mass is 9.63. The van der Waals surface area contributed by atoms with E-state index in [4.69, 9.17) is 9.84 Å². The van der Waals surface area contributed by atoms with Crippen LogP contribution in [0.4, 0.5) is 4.79 Å². The normalized spacial score (nSPS) is 17.5. The molecule has 1 aromatic heterocycles. The van der Waals surface area contributed by atoms with Crippen molar-refractivity contribution >= 4 is 17.2 Å². The first-order chi connectivity index (χ1) is 12.7. The molecule has 0 unspecified atom stereocenters. The van der Waals surface area contributed by atoms with Gasteiger partial charge in [-0.05, 0) is 53.0 Å². The molecule has 3 aromatic rings. The predicted molar refractivity (Wildman–Crippen MR) is 105 cm³/mol. The van der Waals surface area contributed by atoms with E-state index in [1.807, 2.05) is 0 Å². The maximum Gasteiger partial charge on any atom is 0.511 e. The topological polar surface area (TPSA) is 75.2 Å². The molecule has 5 nitrogen and oxygen atoms in total. The number of hydrogen-bond acceptors (Lipinski definition) is 3. The molecule has 0 amide bonds. The lowest BCUT2D eigenvalue weighted by molar-refractivity contribution is 0.144. The van der Waals surface area contributed by atoms with Crippen molar-refractivity contribution in [3.8, 4) is 17.1 Å². The Kier molecular flexibility index (Phi) is 3.81. The van der Waals surface area contributed by atoms with Gasteiger partial charge in [-0.3, -0.25) is 0 Å². The van der Waals surface area contributed by atoms with Crippen LogP contribution >= 0.6 is 0 Å². The molecule has 140 valence electrons. The molecule has 0 fully saturated rings. The molecule has 2 aromatic carbocycles. The third-order valence-corrected chi connectivity index (χ3v) is 5.78. The highest BCUT2D eigenvalue weighted by Gasteiger charge is 2.37. The number of rotatable bonds is 2. The summed E-state index contributed by atoms with van der Waals surface area (Å²) in [6, 6.07) is 11.6. The first-order valence-corrected chi connectivity index (χ1v) is 9.22. The number of nitrogens with one attached hydrogen (secondary N) is 1. The van der Waals surface area contributed by atoms with Crippen molar-refractivity contribution in [3.05, 3.63) is 47.5 Å². The zero-order chi connectivity index (χ0) is 19.4. The highest BCUT2D eigenvalue weighted by Crippen LogP contribution is 2.46. The van der Waals surface area contributed by atoms with Crippen LogP contribution < -0.4 is 4.74 Å². The summed E-state index contributed by atoms with van der Waals surface area (Å²) in [4.78, 5) is 18.7. The van der Waals surface area contributed by atoms with Crippen molar-refractivity contribution in [2.24, 2.45) is 0 Å². The Labute approximate surface area is 158 Å². The molecule has 0 aliphatic heterocycles. The van der Waals surface area contributed by atoms with Gasteiger partial charge in [0.1, 0.15) is 11.6 Å². The minimum absolute atomic E-state index is 0.134. The number of ether oxygens (including phenoxy) is 1. The summed E-state index contributed by atoms with van der Waals surface area (Å²) in [7, 11) is 0. The van der Waals surface area contributed by atoms with Crippen molar-refractivity contribution in [1.82, 2.24) is 9.97 Å². The number of carboxylic acid groups (broad SMARTS) is 1. The average molecular weight is 364 g/mol. The highest BCUT2D eigenvalue weighted by molar-refractivity contribution is 5.81. The number of imidazole rings is 1. The molecule has 0 radical (unpaired) electrons. The van der Waals surface area contributed by atoms with E-state index in [2.05, 4.69) is 55.9 Å². The minimum Gasteiger partial charge on any atom is -0.449 e.